The molecule has 288 valence electrons. The molecule has 4 heterocycles. The van der Waals surface area contributed by atoms with Gasteiger partial charge in [0, 0.05) is 50.4 Å². The maximum Gasteiger partial charge on any atom is 0.339 e. The monoisotopic (exact) mass is 737 g/mol. The van der Waals surface area contributed by atoms with E-state index in [2.05, 4.69) is 4.90 Å². The highest BCUT2D eigenvalue weighted by Gasteiger charge is 2.45. The lowest BCUT2D eigenvalue weighted by Crippen LogP contribution is -2.57. The summed E-state index contributed by atoms with van der Waals surface area (Å²) < 4.78 is 65.3. The van der Waals surface area contributed by atoms with Gasteiger partial charge < -0.3 is 52.1 Å². The van der Waals surface area contributed by atoms with Crippen LogP contribution in [0.25, 0.3) is 21.9 Å². The Hall–Kier alpha value is -3.85. The summed E-state index contributed by atoms with van der Waals surface area (Å²) >= 11 is 0. The first-order valence-corrected chi connectivity index (χ1v) is 18.6. The van der Waals surface area contributed by atoms with Crippen LogP contribution in [0.1, 0.15) is 54.4 Å². The summed E-state index contributed by atoms with van der Waals surface area (Å²) in [7, 11) is 6.43. The molecule has 0 spiro atoms. The number of carbonyl (C=O) groups is 1. The molecule has 0 radical (unpaired) electrons. The Labute approximate surface area is 310 Å². The molecule has 0 aliphatic carbocycles. The summed E-state index contributed by atoms with van der Waals surface area (Å²) in [6, 6.07) is 9.31. The number of benzene rings is 3. The number of cyclic esters (lactones) is 1. The number of morpholine rings is 1. The van der Waals surface area contributed by atoms with Gasteiger partial charge in [-0.05, 0) is 54.6 Å². The average molecular weight is 738 g/mol. The van der Waals surface area contributed by atoms with E-state index in [1.165, 1.54) is 19.3 Å². The molecule has 53 heavy (non-hydrogen) atoms. The normalized spacial score (nSPS) is 22.5. The second-order valence-corrected chi connectivity index (χ2v) is 13.7. The Balaban J connectivity index is 1.13. The maximum atomic E-state index is 13.6. The van der Waals surface area contributed by atoms with Gasteiger partial charge in [0.1, 0.15) is 30.7 Å². The first kappa shape index (κ1) is 37.5. The van der Waals surface area contributed by atoms with Crippen LogP contribution in [0.4, 0.5) is 0 Å². The van der Waals surface area contributed by atoms with Crippen LogP contribution in [-0.4, -0.2) is 117 Å². The van der Waals surface area contributed by atoms with E-state index in [-0.39, 0.29) is 26.1 Å². The third-order valence-electron chi connectivity index (χ3n) is 10.6. The van der Waals surface area contributed by atoms with Gasteiger partial charge in [-0.25, -0.2) is 4.79 Å². The van der Waals surface area contributed by atoms with Crippen LogP contribution >= 0.6 is 0 Å². The first-order valence-electron chi connectivity index (χ1n) is 18.6. The van der Waals surface area contributed by atoms with Crippen molar-refractivity contribution in [1.82, 2.24) is 4.90 Å². The molecule has 13 nitrogen and oxygen atoms in total. The fourth-order valence-electron chi connectivity index (χ4n) is 7.71. The van der Waals surface area contributed by atoms with Crippen molar-refractivity contribution < 1.29 is 56.9 Å². The van der Waals surface area contributed by atoms with Crippen molar-refractivity contribution in [1.29, 1.82) is 0 Å². The lowest BCUT2D eigenvalue weighted by molar-refractivity contribution is -0.264. The molecule has 2 fully saturated rings. The largest absolute Gasteiger partial charge is 0.493 e. The summed E-state index contributed by atoms with van der Waals surface area (Å²) in [5.74, 6) is 2.20. The van der Waals surface area contributed by atoms with Crippen LogP contribution in [0.3, 0.4) is 0 Å². The topological polar surface area (TPSA) is 122 Å². The van der Waals surface area contributed by atoms with Crippen LogP contribution in [0.5, 0.6) is 28.7 Å². The van der Waals surface area contributed by atoms with E-state index in [9.17, 15) is 4.79 Å². The molecule has 0 amide bonds. The molecule has 2 saturated heterocycles. The number of carbonyl (C=O) groups excluding carboxylic acids is 1. The fourth-order valence-corrected chi connectivity index (χ4v) is 7.71. The third kappa shape index (κ3) is 8.01. The SMILES string of the molecule is COc1cc2c(O[C@@H]3OC[C@@H](OC)[C@H](OC)[C@H]3OCCCCCCCCN3CCOCC3)c3c(c(-c4ccc5c(c4)OCO5)c2cc1OC)C(=O)OC3. The fraction of sp³-hybridized carbons (Fsp3) is 0.575. The zero-order valence-electron chi connectivity index (χ0n) is 31.1. The van der Waals surface area contributed by atoms with Gasteiger partial charge in [0.2, 0.25) is 13.1 Å². The third-order valence-corrected chi connectivity index (χ3v) is 10.6. The molecule has 7 rings (SSSR count). The molecular formula is C40H51NO12. The van der Waals surface area contributed by atoms with Crippen molar-refractivity contribution in [2.75, 3.05) is 81.3 Å². The highest BCUT2D eigenvalue weighted by Crippen LogP contribution is 2.50. The Morgan fingerprint density at radius 2 is 1.51 bits per heavy atom. The minimum absolute atomic E-state index is 0.0183. The van der Waals surface area contributed by atoms with Gasteiger partial charge in [-0.2, -0.15) is 0 Å². The molecular weight excluding hydrogens is 686 g/mol. The van der Waals surface area contributed by atoms with Crippen LogP contribution in [0.2, 0.25) is 0 Å². The van der Waals surface area contributed by atoms with Gasteiger partial charge in [0.25, 0.3) is 0 Å². The number of nitrogens with zero attached hydrogens (tertiary/aromatic N) is 1. The number of hydrogen-bond acceptors (Lipinski definition) is 13. The van der Waals surface area contributed by atoms with E-state index in [0.717, 1.165) is 57.7 Å². The van der Waals surface area contributed by atoms with E-state index in [1.807, 2.05) is 30.3 Å². The van der Waals surface area contributed by atoms with E-state index in [0.29, 0.717) is 62.8 Å². The number of esters is 1. The molecule has 4 aliphatic heterocycles. The number of fused-ring (bicyclic) bond motifs is 3. The number of methoxy groups -OCH3 is 4. The summed E-state index contributed by atoms with van der Waals surface area (Å²) in [6.45, 7) is 5.80. The number of rotatable bonds is 17. The van der Waals surface area contributed by atoms with E-state index in [1.54, 1.807) is 28.4 Å². The van der Waals surface area contributed by atoms with Gasteiger partial charge in [-0.3, -0.25) is 4.90 Å². The summed E-state index contributed by atoms with van der Waals surface area (Å²) in [4.78, 5) is 16.1. The van der Waals surface area contributed by atoms with Gasteiger partial charge in [-0.1, -0.05) is 31.7 Å². The average Bonchev–Trinajstić information content (AvgIpc) is 3.83. The van der Waals surface area contributed by atoms with Crippen LogP contribution < -0.4 is 23.7 Å². The van der Waals surface area contributed by atoms with Crippen LogP contribution in [-0.2, 0) is 35.0 Å². The summed E-state index contributed by atoms with van der Waals surface area (Å²) in [6.07, 6.45) is 4.42. The minimum atomic E-state index is -0.876. The molecule has 0 unspecified atom stereocenters. The van der Waals surface area contributed by atoms with E-state index in [4.69, 9.17) is 52.1 Å². The zero-order valence-corrected chi connectivity index (χ0v) is 31.1. The zero-order chi connectivity index (χ0) is 36.7. The van der Waals surface area contributed by atoms with Crippen molar-refractivity contribution in [3.8, 4) is 39.9 Å². The second-order valence-electron chi connectivity index (χ2n) is 13.7. The smallest absolute Gasteiger partial charge is 0.339 e. The molecule has 4 atom stereocenters. The van der Waals surface area contributed by atoms with E-state index >= 15 is 0 Å². The second kappa shape index (κ2) is 17.5. The molecule has 3 aromatic rings. The lowest BCUT2D eigenvalue weighted by atomic mass is 9.89. The minimum Gasteiger partial charge on any atom is -0.493 e. The summed E-state index contributed by atoms with van der Waals surface area (Å²) in [5.41, 5.74) is 2.41. The van der Waals surface area contributed by atoms with Crippen molar-refractivity contribution in [3.63, 3.8) is 0 Å². The first-order chi connectivity index (χ1) is 26.0. The molecule has 4 aliphatic rings. The van der Waals surface area contributed by atoms with Crippen molar-refractivity contribution in [3.05, 3.63) is 41.5 Å². The molecule has 0 saturated carbocycles. The predicted molar refractivity (Wildman–Crippen MR) is 194 cm³/mol. The van der Waals surface area contributed by atoms with Gasteiger partial charge in [-0.15, -0.1) is 0 Å². The predicted octanol–water partition coefficient (Wildman–Crippen LogP) is 5.75. The molecule has 3 aromatic carbocycles. The van der Waals surface area contributed by atoms with Crippen molar-refractivity contribution in [2.24, 2.45) is 0 Å². The Bertz CT molecular complexity index is 1730. The molecule has 0 bridgehead atoms. The highest BCUT2D eigenvalue weighted by molar-refractivity contribution is 6.14. The Morgan fingerprint density at radius 1 is 0.774 bits per heavy atom. The van der Waals surface area contributed by atoms with Crippen LogP contribution in [0.15, 0.2) is 30.3 Å². The lowest BCUT2D eigenvalue weighted by Gasteiger charge is -2.41. The quantitative estimate of drug-likeness (QED) is 0.124. The van der Waals surface area contributed by atoms with Gasteiger partial charge in [0.15, 0.2) is 23.0 Å². The molecule has 0 aromatic heterocycles. The van der Waals surface area contributed by atoms with E-state index < -0.39 is 24.5 Å². The van der Waals surface area contributed by atoms with Crippen LogP contribution in [0, 0.1) is 0 Å². The number of ether oxygens (including phenoxy) is 11. The molecule has 0 N–H and O–H groups in total. The number of hydrogen-bond donors (Lipinski definition) is 0. The van der Waals surface area contributed by atoms with Gasteiger partial charge >= 0.3 is 5.97 Å². The molecule has 13 heteroatoms. The van der Waals surface area contributed by atoms with Crippen molar-refractivity contribution >= 4 is 16.7 Å². The Morgan fingerprint density at radius 3 is 2.26 bits per heavy atom. The Kier molecular flexibility index (Phi) is 12.4. The van der Waals surface area contributed by atoms with Gasteiger partial charge in [0.05, 0.1) is 39.6 Å². The maximum absolute atomic E-state index is 13.6. The number of unbranched alkanes of at least 4 members (excludes halogenated alkanes) is 5. The summed E-state index contributed by atoms with van der Waals surface area (Å²) in [5, 5.41) is 1.39. The van der Waals surface area contributed by atoms with Crippen molar-refractivity contribution in [2.45, 2.75) is 69.7 Å². The highest BCUT2D eigenvalue weighted by atomic mass is 16.7. The standard InChI is InChI=1S/C40H51NO12/c1-43-30-20-26-27(21-31(30)44-2)36(28-22-49-39(42)35(28)34(26)25-11-12-29-32(19-25)52-24-51-29)53-40-38(37(46-4)33(45-3)23-50-40)48-16-10-8-6-5-7-9-13-41-14-17-47-18-15-41/h11-12,19-21,33,37-38,40H,5-10,13-18,22-24H2,1-4H3/t33-,37+,38-,40+/m1/s1.